The summed E-state index contributed by atoms with van der Waals surface area (Å²) in [5.41, 5.74) is 2.05. The molecule has 0 aliphatic carbocycles. The Labute approximate surface area is 219 Å². The van der Waals surface area contributed by atoms with Gasteiger partial charge in [0.25, 0.3) is 11.6 Å². The van der Waals surface area contributed by atoms with Crippen LogP contribution in [0.2, 0.25) is 5.02 Å². The molecule has 0 aliphatic rings. The van der Waals surface area contributed by atoms with E-state index in [0.29, 0.717) is 16.5 Å². The molecule has 184 valence electrons. The quantitative estimate of drug-likeness (QED) is 0.182. The summed E-state index contributed by atoms with van der Waals surface area (Å²) in [6.07, 6.45) is 1.57. The number of aryl methyl sites for hydroxylation is 2. The molecule has 0 saturated heterocycles. The Morgan fingerprint density at radius 3 is 2.50 bits per heavy atom. The molecule has 0 radical (unpaired) electrons. The summed E-state index contributed by atoms with van der Waals surface area (Å²) >= 11 is 9.48. The van der Waals surface area contributed by atoms with E-state index in [2.05, 4.69) is 26.3 Å². The second-order valence-corrected chi connectivity index (χ2v) is 9.26. The van der Waals surface area contributed by atoms with E-state index in [4.69, 9.17) is 21.1 Å². The first-order valence-electron chi connectivity index (χ1n) is 10.6. The highest BCUT2D eigenvalue weighted by Crippen LogP contribution is 2.31. The Morgan fingerprint density at radius 2 is 1.81 bits per heavy atom. The number of ether oxygens (including phenoxy) is 2. The zero-order valence-electron chi connectivity index (χ0n) is 19.2. The maximum atomic E-state index is 12.8. The van der Waals surface area contributed by atoms with E-state index in [0.717, 1.165) is 15.6 Å². The Hall–Kier alpha value is -3.89. The third kappa shape index (κ3) is 6.41. The van der Waals surface area contributed by atoms with Crippen molar-refractivity contribution in [1.82, 2.24) is 9.78 Å². The number of carbonyl (C=O) groups is 1. The number of nitrogens with one attached hydrogen (secondary N) is 1. The van der Waals surface area contributed by atoms with Crippen LogP contribution in [0.4, 0.5) is 11.4 Å². The summed E-state index contributed by atoms with van der Waals surface area (Å²) in [4.78, 5) is 23.7. The van der Waals surface area contributed by atoms with Crippen LogP contribution in [-0.2, 0) is 6.73 Å². The van der Waals surface area contributed by atoms with E-state index in [-0.39, 0.29) is 29.5 Å². The van der Waals surface area contributed by atoms with Gasteiger partial charge in [0.05, 0.1) is 21.7 Å². The molecule has 0 atom stereocenters. The molecule has 36 heavy (non-hydrogen) atoms. The lowest BCUT2D eigenvalue weighted by atomic mass is 10.1. The molecule has 1 aromatic heterocycles. The SMILES string of the molecule is Cc1cc(C)cc(Oc2cc(NC(=O)c3ccn(COc4ccc(Br)cc4Cl)n3)cc([N+](=O)[O-])c2)c1. The minimum atomic E-state index is -0.552. The van der Waals surface area contributed by atoms with Crippen molar-refractivity contribution in [3.63, 3.8) is 0 Å². The fraction of sp³-hybridized carbons (Fsp3) is 0.120. The highest BCUT2D eigenvalue weighted by Gasteiger charge is 2.16. The lowest BCUT2D eigenvalue weighted by Gasteiger charge is -2.10. The van der Waals surface area contributed by atoms with E-state index >= 15 is 0 Å². The van der Waals surface area contributed by atoms with Crippen molar-refractivity contribution in [2.24, 2.45) is 0 Å². The van der Waals surface area contributed by atoms with E-state index in [9.17, 15) is 14.9 Å². The van der Waals surface area contributed by atoms with Crippen molar-refractivity contribution >= 4 is 44.8 Å². The minimum absolute atomic E-state index is 0.0271. The fourth-order valence-electron chi connectivity index (χ4n) is 3.43. The molecular weight excluding hydrogens is 552 g/mol. The molecule has 4 aromatic rings. The van der Waals surface area contributed by atoms with Gasteiger partial charge >= 0.3 is 0 Å². The summed E-state index contributed by atoms with van der Waals surface area (Å²) in [6, 6.07) is 16.4. The first kappa shape index (κ1) is 25.2. The summed E-state index contributed by atoms with van der Waals surface area (Å²) in [7, 11) is 0. The summed E-state index contributed by atoms with van der Waals surface area (Å²) in [6.45, 7) is 3.88. The summed E-state index contributed by atoms with van der Waals surface area (Å²) in [5.74, 6) is 0.673. The third-order valence-electron chi connectivity index (χ3n) is 4.91. The second kappa shape index (κ2) is 10.8. The van der Waals surface area contributed by atoms with Gasteiger partial charge in [-0.2, -0.15) is 5.10 Å². The number of rotatable bonds is 8. The standard InChI is InChI=1S/C25H20BrClN4O5/c1-15-7-16(2)9-20(8-15)36-21-12-18(11-19(13-21)31(33)34)28-25(32)23-5-6-30(29-23)14-35-24-4-3-17(26)10-22(24)27/h3-13H,14H2,1-2H3,(H,28,32). The number of hydrogen-bond acceptors (Lipinski definition) is 6. The Bertz CT molecular complexity index is 1440. The Morgan fingerprint density at radius 1 is 1.08 bits per heavy atom. The monoisotopic (exact) mass is 570 g/mol. The van der Waals surface area contributed by atoms with Crippen LogP contribution in [0.1, 0.15) is 21.6 Å². The van der Waals surface area contributed by atoms with Crippen molar-refractivity contribution < 1.29 is 19.2 Å². The normalized spacial score (nSPS) is 10.7. The van der Waals surface area contributed by atoms with Gasteiger partial charge in [0.1, 0.15) is 17.2 Å². The molecule has 0 aliphatic heterocycles. The summed E-state index contributed by atoms with van der Waals surface area (Å²) < 4.78 is 13.7. The van der Waals surface area contributed by atoms with Gasteiger partial charge in [0, 0.05) is 22.8 Å². The van der Waals surface area contributed by atoms with E-state index in [1.165, 1.54) is 28.9 Å². The number of nitrogens with zero attached hydrogens (tertiary/aromatic N) is 3. The first-order chi connectivity index (χ1) is 17.2. The molecule has 0 spiro atoms. The van der Waals surface area contributed by atoms with Crippen LogP contribution in [0.15, 0.2) is 71.3 Å². The van der Waals surface area contributed by atoms with Gasteiger partial charge < -0.3 is 14.8 Å². The Kier molecular flexibility index (Phi) is 7.56. The molecule has 1 amide bonds. The van der Waals surface area contributed by atoms with Crippen LogP contribution in [0.25, 0.3) is 0 Å². The van der Waals surface area contributed by atoms with Crippen LogP contribution in [0.3, 0.4) is 0 Å². The topological polar surface area (TPSA) is 109 Å². The number of amides is 1. The maximum absolute atomic E-state index is 12.8. The third-order valence-corrected chi connectivity index (χ3v) is 5.70. The first-order valence-corrected chi connectivity index (χ1v) is 11.8. The molecule has 1 N–H and O–H groups in total. The molecule has 3 aromatic carbocycles. The van der Waals surface area contributed by atoms with Gasteiger partial charge in [-0.15, -0.1) is 0 Å². The van der Waals surface area contributed by atoms with E-state index in [1.54, 1.807) is 24.4 Å². The van der Waals surface area contributed by atoms with Crippen molar-refractivity contribution in [3.05, 3.63) is 103 Å². The predicted octanol–water partition coefficient (Wildman–Crippen LogP) is 6.91. The average molecular weight is 572 g/mol. The molecule has 1 heterocycles. The van der Waals surface area contributed by atoms with Crippen molar-refractivity contribution in [3.8, 4) is 17.2 Å². The molecular formula is C25H20BrClN4O5. The molecule has 4 rings (SSSR count). The molecule has 0 saturated carbocycles. The van der Waals surface area contributed by atoms with Gasteiger partial charge in [0.15, 0.2) is 12.4 Å². The highest BCUT2D eigenvalue weighted by atomic mass is 79.9. The Balaban J connectivity index is 1.48. The summed E-state index contributed by atoms with van der Waals surface area (Å²) in [5, 5.41) is 18.7. The number of non-ortho nitro benzene ring substituents is 1. The average Bonchev–Trinajstić information content (AvgIpc) is 3.27. The number of hydrogen-bond donors (Lipinski definition) is 1. The van der Waals surface area contributed by atoms with Gasteiger partial charge in [0.2, 0.25) is 0 Å². The minimum Gasteiger partial charge on any atom is -0.470 e. The molecule has 0 unspecified atom stereocenters. The van der Waals surface area contributed by atoms with Crippen LogP contribution in [0, 0.1) is 24.0 Å². The number of nitro benzene ring substituents is 1. The predicted molar refractivity (Wildman–Crippen MR) is 139 cm³/mol. The smallest absolute Gasteiger partial charge is 0.276 e. The number of benzene rings is 3. The van der Waals surface area contributed by atoms with Crippen LogP contribution in [-0.4, -0.2) is 20.6 Å². The fourth-order valence-corrected chi connectivity index (χ4v) is 4.15. The highest BCUT2D eigenvalue weighted by molar-refractivity contribution is 9.10. The number of nitro groups is 1. The number of halogens is 2. The maximum Gasteiger partial charge on any atom is 0.276 e. The van der Waals surface area contributed by atoms with Crippen molar-refractivity contribution in [2.75, 3.05) is 5.32 Å². The molecule has 0 bridgehead atoms. The van der Waals surface area contributed by atoms with Gasteiger partial charge in [-0.3, -0.25) is 14.9 Å². The molecule has 9 nitrogen and oxygen atoms in total. The van der Waals surface area contributed by atoms with Gasteiger partial charge in [-0.05, 0) is 61.4 Å². The van der Waals surface area contributed by atoms with E-state index in [1.807, 2.05) is 32.0 Å². The largest absolute Gasteiger partial charge is 0.470 e. The number of aromatic nitrogens is 2. The van der Waals surface area contributed by atoms with Crippen LogP contribution >= 0.6 is 27.5 Å². The van der Waals surface area contributed by atoms with Gasteiger partial charge in [-0.25, -0.2) is 4.68 Å². The zero-order chi connectivity index (χ0) is 25.8. The molecule has 11 heteroatoms. The second-order valence-electron chi connectivity index (χ2n) is 7.94. The lowest BCUT2D eigenvalue weighted by molar-refractivity contribution is -0.384. The number of carbonyl (C=O) groups excluding carboxylic acids is 1. The van der Waals surface area contributed by atoms with Crippen LogP contribution < -0.4 is 14.8 Å². The number of anilines is 1. The lowest BCUT2D eigenvalue weighted by Crippen LogP contribution is -2.14. The molecule has 0 fully saturated rings. The van der Waals surface area contributed by atoms with Gasteiger partial charge in [-0.1, -0.05) is 33.6 Å². The van der Waals surface area contributed by atoms with Crippen molar-refractivity contribution in [2.45, 2.75) is 20.6 Å². The van der Waals surface area contributed by atoms with Crippen LogP contribution in [0.5, 0.6) is 17.2 Å². The van der Waals surface area contributed by atoms with E-state index < -0.39 is 10.8 Å². The van der Waals surface area contributed by atoms with Crippen molar-refractivity contribution in [1.29, 1.82) is 0 Å². The zero-order valence-corrected chi connectivity index (χ0v) is 21.5.